The van der Waals surface area contributed by atoms with Crippen LogP contribution < -0.4 is 10.1 Å². The second-order valence-electron chi connectivity index (χ2n) is 5.10. The monoisotopic (exact) mass is 289 g/mol. The van der Waals surface area contributed by atoms with Gasteiger partial charge in [0.25, 0.3) is 0 Å². The molecule has 5 heteroatoms. The van der Waals surface area contributed by atoms with Crippen molar-refractivity contribution in [3.05, 3.63) is 40.4 Å². The molecule has 0 saturated heterocycles. The number of nitrogens with zero attached hydrogens (tertiary/aromatic N) is 2. The molecule has 106 valence electrons. The lowest BCUT2D eigenvalue weighted by Crippen LogP contribution is -2.21. The Balaban J connectivity index is 1.88. The minimum absolute atomic E-state index is 0.141. The maximum absolute atomic E-state index is 5.89. The van der Waals surface area contributed by atoms with E-state index in [9.17, 15) is 0 Å². The highest BCUT2D eigenvalue weighted by molar-refractivity contribution is 7.05. The Bertz CT molecular complexity index is 580. The molecule has 0 aliphatic heterocycles. The van der Waals surface area contributed by atoms with Crippen LogP contribution in [0.3, 0.4) is 0 Å². The average Bonchev–Trinajstić information content (AvgIpc) is 3.16. The van der Waals surface area contributed by atoms with Gasteiger partial charge in [0, 0.05) is 0 Å². The van der Waals surface area contributed by atoms with Gasteiger partial charge in [-0.05, 0) is 55.5 Å². The number of rotatable bonds is 6. The molecule has 4 nitrogen and oxygen atoms in total. The van der Waals surface area contributed by atoms with Crippen molar-refractivity contribution in [2.45, 2.75) is 38.8 Å². The average molecular weight is 289 g/mol. The lowest BCUT2D eigenvalue weighted by atomic mass is 10.0. The van der Waals surface area contributed by atoms with Crippen LogP contribution in [0.25, 0.3) is 0 Å². The zero-order chi connectivity index (χ0) is 13.9. The van der Waals surface area contributed by atoms with E-state index in [-0.39, 0.29) is 6.04 Å². The Kier molecular flexibility index (Phi) is 3.98. The van der Waals surface area contributed by atoms with Crippen LogP contribution in [0.15, 0.2) is 24.3 Å². The molecule has 1 aromatic heterocycles. The summed E-state index contributed by atoms with van der Waals surface area (Å²) in [5.41, 5.74) is 2.20. The summed E-state index contributed by atoms with van der Waals surface area (Å²) in [5.74, 6) is 0.961. The van der Waals surface area contributed by atoms with E-state index in [0.717, 1.165) is 18.0 Å². The molecule has 1 aliphatic carbocycles. The molecular weight excluding hydrogens is 270 g/mol. The third kappa shape index (κ3) is 2.99. The number of hydrogen-bond donors (Lipinski definition) is 1. The molecule has 1 unspecified atom stereocenters. The quantitative estimate of drug-likeness (QED) is 0.887. The van der Waals surface area contributed by atoms with Crippen LogP contribution in [0.4, 0.5) is 0 Å². The Labute approximate surface area is 123 Å². The number of aromatic nitrogens is 2. The fourth-order valence-electron chi connectivity index (χ4n) is 2.21. The molecule has 0 radical (unpaired) electrons. The molecule has 1 heterocycles. The lowest BCUT2D eigenvalue weighted by Gasteiger charge is -2.18. The highest BCUT2D eigenvalue weighted by Gasteiger charge is 2.24. The van der Waals surface area contributed by atoms with Crippen LogP contribution in [0.2, 0.25) is 0 Å². The van der Waals surface area contributed by atoms with E-state index in [2.05, 4.69) is 40.0 Å². The first-order valence-electron chi connectivity index (χ1n) is 7.06. The van der Waals surface area contributed by atoms with E-state index in [4.69, 9.17) is 4.74 Å². The normalized spacial score (nSPS) is 16.1. The van der Waals surface area contributed by atoms with E-state index in [1.54, 1.807) is 0 Å². The highest BCUT2D eigenvalue weighted by Crippen LogP contribution is 2.31. The third-order valence-corrected chi connectivity index (χ3v) is 4.27. The van der Waals surface area contributed by atoms with Crippen molar-refractivity contribution in [1.82, 2.24) is 14.9 Å². The molecule has 2 aromatic rings. The van der Waals surface area contributed by atoms with Gasteiger partial charge in [-0.3, -0.25) is 0 Å². The SMILES string of the molecule is CCNC(c1cccc(OC2CC2)c1)c1snnc1C. The summed E-state index contributed by atoms with van der Waals surface area (Å²) < 4.78 is 9.94. The predicted octanol–water partition coefficient (Wildman–Crippen LogP) is 3.09. The minimum Gasteiger partial charge on any atom is -0.490 e. The molecule has 1 N–H and O–H groups in total. The second kappa shape index (κ2) is 5.89. The fourth-order valence-corrected chi connectivity index (χ4v) is 2.96. The second-order valence-corrected chi connectivity index (χ2v) is 5.89. The summed E-state index contributed by atoms with van der Waals surface area (Å²) in [6.07, 6.45) is 2.78. The summed E-state index contributed by atoms with van der Waals surface area (Å²) >= 11 is 1.46. The molecule has 0 amide bonds. The van der Waals surface area contributed by atoms with Gasteiger partial charge in [0.1, 0.15) is 5.75 Å². The first kappa shape index (κ1) is 13.5. The molecule has 0 spiro atoms. The summed E-state index contributed by atoms with van der Waals surface area (Å²) in [6.45, 7) is 5.02. The van der Waals surface area contributed by atoms with Crippen molar-refractivity contribution in [3.63, 3.8) is 0 Å². The number of ether oxygens (including phenoxy) is 1. The van der Waals surface area contributed by atoms with Crippen molar-refractivity contribution in [1.29, 1.82) is 0 Å². The first-order chi connectivity index (χ1) is 9.78. The molecular formula is C15H19N3OS. The molecule has 1 atom stereocenters. The fraction of sp³-hybridized carbons (Fsp3) is 0.467. The van der Waals surface area contributed by atoms with Crippen molar-refractivity contribution in [2.75, 3.05) is 6.54 Å². The zero-order valence-electron chi connectivity index (χ0n) is 11.8. The van der Waals surface area contributed by atoms with E-state index >= 15 is 0 Å². The van der Waals surface area contributed by atoms with E-state index in [0.29, 0.717) is 6.10 Å². The Morgan fingerprint density at radius 1 is 1.45 bits per heavy atom. The van der Waals surface area contributed by atoms with Crippen molar-refractivity contribution >= 4 is 11.5 Å². The summed E-state index contributed by atoms with van der Waals surface area (Å²) in [5, 5.41) is 7.64. The number of nitrogens with one attached hydrogen (secondary N) is 1. The van der Waals surface area contributed by atoms with Gasteiger partial charge in [0.15, 0.2) is 0 Å². The van der Waals surface area contributed by atoms with Crippen molar-refractivity contribution in [3.8, 4) is 5.75 Å². The van der Waals surface area contributed by atoms with Crippen LogP contribution in [0.1, 0.15) is 41.9 Å². The third-order valence-electron chi connectivity index (χ3n) is 3.38. The molecule has 3 rings (SSSR count). The first-order valence-corrected chi connectivity index (χ1v) is 7.84. The van der Waals surface area contributed by atoms with Gasteiger partial charge in [-0.1, -0.05) is 23.5 Å². The lowest BCUT2D eigenvalue weighted by molar-refractivity contribution is 0.302. The highest BCUT2D eigenvalue weighted by atomic mass is 32.1. The minimum atomic E-state index is 0.141. The Morgan fingerprint density at radius 2 is 2.30 bits per heavy atom. The van der Waals surface area contributed by atoms with Crippen LogP contribution >= 0.6 is 11.5 Å². The molecule has 1 aromatic carbocycles. The molecule has 20 heavy (non-hydrogen) atoms. The van der Waals surface area contributed by atoms with Gasteiger partial charge < -0.3 is 10.1 Å². The summed E-state index contributed by atoms with van der Waals surface area (Å²) in [6, 6.07) is 8.49. The molecule has 0 bridgehead atoms. The Morgan fingerprint density at radius 3 is 2.95 bits per heavy atom. The number of aryl methyl sites for hydroxylation is 1. The van der Waals surface area contributed by atoms with Crippen molar-refractivity contribution in [2.24, 2.45) is 0 Å². The maximum atomic E-state index is 5.89. The van der Waals surface area contributed by atoms with Gasteiger partial charge >= 0.3 is 0 Å². The van der Waals surface area contributed by atoms with Gasteiger partial charge in [-0.2, -0.15) is 0 Å². The molecule has 1 fully saturated rings. The van der Waals surface area contributed by atoms with Gasteiger partial charge in [0.05, 0.1) is 22.7 Å². The van der Waals surface area contributed by atoms with Gasteiger partial charge in [-0.25, -0.2) is 0 Å². The van der Waals surface area contributed by atoms with Crippen molar-refractivity contribution < 1.29 is 4.74 Å². The number of hydrogen-bond acceptors (Lipinski definition) is 5. The van der Waals surface area contributed by atoms with Crippen LogP contribution in [0.5, 0.6) is 5.75 Å². The largest absolute Gasteiger partial charge is 0.490 e. The molecule has 1 aliphatic rings. The van der Waals surface area contributed by atoms with Crippen LogP contribution in [0, 0.1) is 6.92 Å². The van der Waals surface area contributed by atoms with Gasteiger partial charge in [-0.15, -0.1) is 5.10 Å². The smallest absolute Gasteiger partial charge is 0.120 e. The Hall–Kier alpha value is -1.46. The maximum Gasteiger partial charge on any atom is 0.120 e. The topological polar surface area (TPSA) is 47.0 Å². The standard InChI is InChI=1S/C15H19N3OS/c1-3-16-14(15-10(2)17-18-20-15)11-5-4-6-13(9-11)19-12-7-8-12/h4-6,9,12,14,16H,3,7-8H2,1-2H3. The van der Waals surface area contributed by atoms with E-state index in [1.165, 1.54) is 34.8 Å². The predicted molar refractivity (Wildman–Crippen MR) is 80.3 cm³/mol. The van der Waals surface area contributed by atoms with E-state index in [1.807, 2.05) is 13.0 Å². The summed E-state index contributed by atoms with van der Waals surface area (Å²) in [7, 11) is 0. The molecule has 1 saturated carbocycles. The van der Waals surface area contributed by atoms with Crippen LogP contribution in [-0.4, -0.2) is 22.2 Å². The van der Waals surface area contributed by atoms with E-state index < -0.39 is 0 Å². The van der Waals surface area contributed by atoms with Crippen LogP contribution in [-0.2, 0) is 0 Å². The van der Waals surface area contributed by atoms with Gasteiger partial charge in [0.2, 0.25) is 0 Å². The number of benzene rings is 1. The zero-order valence-corrected chi connectivity index (χ0v) is 12.6. The summed E-state index contributed by atoms with van der Waals surface area (Å²) in [4.78, 5) is 1.18.